The minimum atomic E-state index is -0.768. The van der Waals surface area contributed by atoms with E-state index in [-0.39, 0.29) is 23.5 Å². The van der Waals surface area contributed by atoms with E-state index in [9.17, 15) is 14.0 Å². The molecule has 23 heavy (non-hydrogen) atoms. The molecule has 0 fully saturated rings. The van der Waals surface area contributed by atoms with E-state index in [1.54, 1.807) is 13.0 Å². The van der Waals surface area contributed by atoms with Gasteiger partial charge in [0.05, 0.1) is 17.2 Å². The highest BCUT2D eigenvalue weighted by molar-refractivity contribution is 6.04. The van der Waals surface area contributed by atoms with Crippen molar-refractivity contribution in [2.45, 2.75) is 13.3 Å². The van der Waals surface area contributed by atoms with Crippen LogP contribution in [-0.2, 0) is 4.79 Å². The Hall–Kier alpha value is -3.20. The van der Waals surface area contributed by atoms with Crippen molar-refractivity contribution in [1.29, 1.82) is 5.26 Å². The third kappa shape index (κ3) is 4.14. The first-order valence-corrected chi connectivity index (χ1v) is 6.85. The van der Waals surface area contributed by atoms with Crippen LogP contribution in [0, 0.1) is 17.1 Å². The van der Waals surface area contributed by atoms with Crippen LogP contribution in [0.1, 0.15) is 29.3 Å². The number of nitrogens with one attached hydrogen (secondary N) is 1. The number of amides is 1. The lowest BCUT2D eigenvalue weighted by atomic mass is 10.1. The fraction of sp³-hybridized carbons (Fsp3) is 0.118. The predicted octanol–water partition coefficient (Wildman–Crippen LogP) is 3.27. The van der Waals surface area contributed by atoms with Gasteiger partial charge in [-0.05, 0) is 42.5 Å². The number of nitriles is 1. The van der Waals surface area contributed by atoms with Crippen molar-refractivity contribution in [3.05, 3.63) is 59.4 Å². The summed E-state index contributed by atoms with van der Waals surface area (Å²) < 4.78 is 18.8. The van der Waals surface area contributed by atoms with E-state index < -0.39 is 11.7 Å². The summed E-state index contributed by atoms with van der Waals surface area (Å²) in [6.45, 7) is 1.68. The monoisotopic (exact) mass is 312 g/mol. The summed E-state index contributed by atoms with van der Waals surface area (Å²) in [7, 11) is 0. The summed E-state index contributed by atoms with van der Waals surface area (Å²) in [5.41, 5.74) is 0.404. The van der Waals surface area contributed by atoms with Gasteiger partial charge < -0.3 is 10.1 Å². The molecule has 0 saturated carbocycles. The smallest absolute Gasteiger partial charge is 0.310 e. The average Bonchev–Trinajstić information content (AvgIpc) is 2.56. The molecule has 1 N–H and O–H groups in total. The van der Waals surface area contributed by atoms with Gasteiger partial charge in [-0.1, -0.05) is 6.92 Å². The van der Waals surface area contributed by atoms with Crippen LogP contribution in [0.4, 0.5) is 10.1 Å². The van der Waals surface area contributed by atoms with Crippen LogP contribution in [0.2, 0.25) is 0 Å². The predicted molar refractivity (Wildman–Crippen MR) is 81.4 cm³/mol. The van der Waals surface area contributed by atoms with Crippen molar-refractivity contribution in [1.82, 2.24) is 0 Å². The molecular formula is C17H13FN2O3. The zero-order valence-corrected chi connectivity index (χ0v) is 12.3. The first-order valence-electron chi connectivity index (χ1n) is 6.85. The van der Waals surface area contributed by atoms with Gasteiger partial charge in [-0.15, -0.1) is 0 Å². The molecule has 0 aliphatic carbocycles. The second-order valence-electron chi connectivity index (χ2n) is 4.61. The van der Waals surface area contributed by atoms with Crippen molar-refractivity contribution in [3.8, 4) is 11.8 Å². The van der Waals surface area contributed by atoms with Gasteiger partial charge >= 0.3 is 5.97 Å². The summed E-state index contributed by atoms with van der Waals surface area (Å²) in [4.78, 5) is 23.2. The molecule has 0 unspecified atom stereocenters. The number of esters is 1. The van der Waals surface area contributed by atoms with Crippen molar-refractivity contribution in [2.24, 2.45) is 0 Å². The lowest BCUT2D eigenvalue weighted by molar-refractivity contribution is -0.134. The maximum absolute atomic E-state index is 13.8. The highest BCUT2D eigenvalue weighted by atomic mass is 19.1. The number of carbonyl (C=O) groups excluding carboxylic acids is 2. The molecule has 2 aromatic rings. The second kappa shape index (κ2) is 7.18. The highest BCUT2D eigenvalue weighted by Crippen LogP contribution is 2.18. The van der Waals surface area contributed by atoms with Crippen LogP contribution in [-0.4, -0.2) is 11.9 Å². The molecule has 0 atom stereocenters. The van der Waals surface area contributed by atoms with Gasteiger partial charge in [-0.3, -0.25) is 9.59 Å². The largest absolute Gasteiger partial charge is 0.427 e. The molecule has 0 aromatic heterocycles. The maximum atomic E-state index is 13.8. The molecule has 6 heteroatoms. The lowest BCUT2D eigenvalue weighted by Gasteiger charge is -2.07. The normalized spacial score (nSPS) is 9.78. The van der Waals surface area contributed by atoms with Crippen LogP contribution >= 0.6 is 0 Å². The Morgan fingerprint density at radius 3 is 2.48 bits per heavy atom. The Morgan fingerprint density at radius 1 is 1.22 bits per heavy atom. The number of halogens is 1. The fourth-order valence-electron chi connectivity index (χ4n) is 1.78. The quantitative estimate of drug-likeness (QED) is 0.694. The number of anilines is 1. The van der Waals surface area contributed by atoms with Crippen molar-refractivity contribution < 1.29 is 18.7 Å². The average molecular weight is 312 g/mol. The molecule has 0 saturated heterocycles. The number of ether oxygens (including phenoxy) is 1. The van der Waals surface area contributed by atoms with E-state index in [2.05, 4.69) is 5.32 Å². The van der Waals surface area contributed by atoms with E-state index in [0.29, 0.717) is 11.4 Å². The topological polar surface area (TPSA) is 79.2 Å². The van der Waals surface area contributed by atoms with E-state index in [0.717, 1.165) is 6.07 Å². The van der Waals surface area contributed by atoms with Crippen molar-refractivity contribution in [3.63, 3.8) is 0 Å². The zero-order valence-electron chi connectivity index (χ0n) is 12.3. The zero-order chi connectivity index (χ0) is 16.8. The summed E-state index contributed by atoms with van der Waals surface area (Å²) in [6.07, 6.45) is 0.260. The molecule has 116 valence electrons. The Labute approximate surface area is 132 Å². The van der Waals surface area contributed by atoms with Crippen LogP contribution < -0.4 is 10.1 Å². The number of benzene rings is 2. The molecule has 0 bridgehead atoms. The van der Waals surface area contributed by atoms with E-state index >= 15 is 0 Å². The van der Waals surface area contributed by atoms with Crippen LogP contribution in [0.15, 0.2) is 42.5 Å². The minimum Gasteiger partial charge on any atom is -0.427 e. The first-order chi connectivity index (χ1) is 11.0. The molecule has 0 spiro atoms. The summed E-state index contributed by atoms with van der Waals surface area (Å²) in [6, 6.07) is 11.5. The van der Waals surface area contributed by atoms with Crippen molar-refractivity contribution in [2.75, 3.05) is 5.32 Å². The Balaban J connectivity index is 2.08. The van der Waals surface area contributed by atoms with Gasteiger partial charge in [0.2, 0.25) is 0 Å². The third-order valence-corrected chi connectivity index (χ3v) is 2.98. The molecule has 0 aliphatic rings. The molecule has 0 aliphatic heterocycles. The Bertz CT molecular complexity index is 779. The van der Waals surface area contributed by atoms with Crippen LogP contribution in [0.3, 0.4) is 0 Å². The van der Waals surface area contributed by atoms with Crippen LogP contribution in [0.5, 0.6) is 5.75 Å². The fourth-order valence-corrected chi connectivity index (χ4v) is 1.78. The summed E-state index contributed by atoms with van der Waals surface area (Å²) in [5.74, 6) is -1.40. The lowest BCUT2D eigenvalue weighted by Crippen LogP contribution is -2.14. The minimum absolute atomic E-state index is 0.140. The van der Waals surface area contributed by atoms with Crippen molar-refractivity contribution >= 4 is 17.6 Å². The molecule has 5 nitrogen and oxygen atoms in total. The highest BCUT2D eigenvalue weighted by Gasteiger charge is 2.12. The Morgan fingerprint density at radius 2 is 1.91 bits per heavy atom. The van der Waals surface area contributed by atoms with Gasteiger partial charge in [-0.2, -0.15) is 5.26 Å². The molecule has 0 radical (unpaired) electrons. The second-order valence-corrected chi connectivity index (χ2v) is 4.61. The molecule has 2 rings (SSSR count). The Kier molecular flexibility index (Phi) is 5.05. The van der Waals surface area contributed by atoms with E-state index in [1.807, 2.05) is 0 Å². The number of rotatable bonds is 4. The van der Waals surface area contributed by atoms with Gasteiger partial charge in [0.1, 0.15) is 11.6 Å². The molecule has 0 heterocycles. The maximum Gasteiger partial charge on any atom is 0.310 e. The number of hydrogen-bond donors (Lipinski definition) is 1. The molecule has 2 aromatic carbocycles. The molecule has 1 amide bonds. The third-order valence-electron chi connectivity index (χ3n) is 2.98. The van der Waals surface area contributed by atoms with Gasteiger partial charge in [0, 0.05) is 12.1 Å². The summed E-state index contributed by atoms with van der Waals surface area (Å²) >= 11 is 0. The molecular weight excluding hydrogens is 299 g/mol. The van der Waals surface area contributed by atoms with Gasteiger partial charge in [0.25, 0.3) is 5.91 Å². The standard InChI is InChI=1S/C17H13FN2O3/c1-2-16(21)23-13-6-4-12(5-7-13)20-17(22)14-8-3-11(10-19)9-15(14)18/h3-9H,2H2,1H3,(H,20,22). The SMILES string of the molecule is CCC(=O)Oc1ccc(NC(=O)c2ccc(C#N)cc2F)cc1. The van der Waals surface area contributed by atoms with E-state index in [4.69, 9.17) is 10.00 Å². The number of carbonyl (C=O) groups is 2. The number of hydrogen-bond acceptors (Lipinski definition) is 4. The summed E-state index contributed by atoms with van der Waals surface area (Å²) in [5, 5.41) is 11.2. The first kappa shape index (κ1) is 16.2. The number of nitrogens with zero attached hydrogens (tertiary/aromatic N) is 1. The van der Waals surface area contributed by atoms with Gasteiger partial charge in [0.15, 0.2) is 0 Å². The van der Waals surface area contributed by atoms with Crippen LogP contribution in [0.25, 0.3) is 0 Å². The van der Waals surface area contributed by atoms with E-state index in [1.165, 1.54) is 36.4 Å². The van der Waals surface area contributed by atoms with Gasteiger partial charge in [-0.25, -0.2) is 4.39 Å².